The highest BCUT2D eigenvalue weighted by Gasteiger charge is 2.31. The topological polar surface area (TPSA) is 101 Å². The lowest BCUT2D eigenvalue weighted by Gasteiger charge is -2.33. The highest BCUT2D eigenvalue weighted by molar-refractivity contribution is 5.79. The molecule has 3 N–H and O–H groups in total. The maximum absolute atomic E-state index is 13.5. The van der Waals surface area contributed by atoms with Gasteiger partial charge in [-0.2, -0.15) is 13.2 Å². The van der Waals surface area contributed by atoms with E-state index in [0.29, 0.717) is 36.4 Å². The van der Waals surface area contributed by atoms with Gasteiger partial charge in [0.05, 0.1) is 17.8 Å². The Balaban J connectivity index is 1.45. The second-order valence-corrected chi connectivity index (χ2v) is 9.62. The van der Waals surface area contributed by atoms with Crippen molar-refractivity contribution < 1.29 is 27.2 Å². The zero-order chi connectivity index (χ0) is 28.3. The Morgan fingerprint density at radius 3 is 2.38 bits per heavy atom. The molecule has 1 aliphatic rings. The molecule has 3 aromatic carbocycles. The van der Waals surface area contributed by atoms with Crippen LogP contribution in [0.2, 0.25) is 0 Å². The van der Waals surface area contributed by atoms with Crippen molar-refractivity contribution in [3.8, 4) is 22.6 Å². The Kier molecular flexibility index (Phi) is 7.59. The molecule has 2 heterocycles. The van der Waals surface area contributed by atoms with Crippen LogP contribution in [0.4, 0.5) is 18.0 Å². The van der Waals surface area contributed by atoms with Gasteiger partial charge < -0.3 is 20.4 Å². The Bertz CT molecular complexity index is 1490. The van der Waals surface area contributed by atoms with Gasteiger partial charge in [0.15, 0.2) is 0 Å². The van der Waals surface area contributed by atoms with Gasteiger partial charge in [-0.1, -0.05) is 48.5 Å². The van der Waals surface area contributed by atoms with Crippen molar-refractivity contribution in [2.75, 3.05) is 6.54 Å². The summed E-state index contributed by atoms with van der Waals surface area (Å²) >= 11 is 0. The third-order valence-electron chi connectivity index (χ3n) is 7.06. The van der Waals surface area contributed by atoms with Crippen molar-refractivity contribution in [3.05, 3.63) is 101 Å². The highest BCUT2D eigenvalue weighted by Crippen LogP contribution is 2.38. The molecular formula is C30H27F3N4O3. The summed E-state index contributed by atoms with van der Waals surface area (Å²) in [6, 6.07) is 17.4. The molecule has 1 atom stereocenters. The van der Waals surface area contributed by atoms with Gasteiger partial charge in [-0.05, 0) is 58.9 Å². The number of alkyl halides is 3. The van der Waals surface area contributed by atoms with E-state index in [0.717, 1.165) is 34.4 Å². The van der Waals surface area contributed by atoms with E-state index in [4.69, 9.17) is 10.2 Å². The average molecular weight is 549 g/mol. The largest absolute Gasteiger partial charge is 0.445 e. The van der Waals surface area contributed by atoms with Gasteiger partial charge in [0.2, 0.25) is 11.8 Å². The first kappa shape index (κ1) is 27.0. The minimum Gasteiger partial charge on any atom is -0.445 e. The molecular weight excluding hydrogens is 521 g/mol. The number of rotatable bonds is 7. The van der Waals surface area contributed by atoms with Crippen molar-refractivity contribution in [1.29, 1.82) is 0 Å². The van der Waals surface area contributed by atoms with E-state index in [1.54, 1.807) is 4.90 Å². The number of aromatic nitrogens is 1. The van der Waals surface area contributed by atoms with Crippen LogP contribution < -0.4 is 11.1 Å². The number of hydrogen-bond acceptors (Lipinski definition) is 4. The molecule has 0 bridgehead atoms. The number of nitrogens with two attached hydrogens (primary N) is 1. The lowest BCUT2D eigenvalue weighted by molar-refractivity contribution is -0.137. The second-order valence-electron chi connectivity index (χ2n) is 9.62. The van der Waals surface area contributed by atoms with Gasteiger partial charge in [0, 0.05) is 25.1 Å². The number of carbonyl (C=O) groups is 2. The fraction of sp³-hybridized carbons (Fsp3) is 0.233. The number of urea groups is 1. The molecule has 0 fully saturated rings. The van der Waals surface area contributed by atoms with Crippen molar-refractivity contribution in [2.45, 2.75) is 38.0 Å². The van der Waals surface area contributed by atoms with Gasteiger partial charge in [0.1, 0.15) is 6.26 Å². The van der Waals surface area contributed by atoms with Gasteiger partial charge in [-0.25, -0.2) is 9.78 Å². The van der Waals surface area contributed by atoms with Crippen LogP contribution in [0.1, 0.15) is 41.1 Å². The molecule has 40 heavy (non-hydrogen) atoms. The van der Waals surface area contributed by atoms with Gasteiger partial charge in [-0.3, -0.25) is 4.79 Å². The van der Waals surface area contributed by atoms with Gasteiger partial charge in [0.25, 0.3) is 0 Å². The number of benzene rings is 3. The van der Waals surface area contributed by atoms with Crippen LogP contribution in [-0.4, -0.2) is 28.4 Å². The molecule has 10 heteroatoms. The summed E-state index contributed by atoms with van der Waals surface area (Å²) in [5.41, 5.74) is 9.41. The van der Waals surface area contributed by atoms with Crippen LogP contribution in [0.5, 0.6) is 0 Å². The Morgan fingerprint density at radius 1 is 1.00 bits per heavy atom. The third kappa shape index (κ3) is 5.85. The monoisotopic (exact) mass is 548 g/mol. The van der Waals surface area contributed by atoms with E-state index in [1.165, 1.54) is 24.6 Å². The van der Waals surface area contributed by atoms with E-state index >= 15 is 0 Å². The number of nitrogens with zero attached hydrogens (tertiary/aromatic N) is 2. The Morgan fingerprint density at radius 2 is 1.73 bits per heavy atom. The summed E-state index contributed by atoms with van der Waals surface area (Å²) in [4.78, 5) is 30.9. The summed E-state index contributed by atoms with van der Waals surface area (Å²) in [5, 5.41) is 3.04. The minimum atomic E-state index is -4.42. The van der Waals surface area contributed by atoms with E-state index in [9.17, 15) is 22.8 Å². The fourth-order valence-electron chi connectivity index (χ4n) is 5.05. The number of halogens is 3. The molecule has 0 saturated carbocycles. The Labute approximate surface area is 228 Å². The molecule has 0 unspecified atom stereocenters. The van der Waals surface area contributed by atoms with Crippen molar-refractivity contribution in [1.82, 2.24) is 15.2 Å². The SMILES string of the molecule is NC(=O)CC[C@H](NC(=O)N1CCc2c(-c3ccc(C(F)(F)F)cc3)ccc(-c3ncco3)c2C1)c1ccccc1. The van der Waals surface area contributed by atoms with Crippen LogP contribution in [0.15, 0.2) is 83.6 Å². The first-order valence-electron chi connectivity index (χ1n) is 12.8. The number of nitrogens with one attached hydrogen (secondary N) is 1. The summed E-state index contributed by atoms with van der Waals surface area (Å²) < 4.78 is 44.9. The normalized spacial score (nSPS) is 13.9. The number of fused-ring (bicyclic) bond motifs is 1. The molecule has 4 aromatic rings. The molecule has 1 aliphatic heterocycles. The number of carbonyl (C=O) groups excluding carboxylic acids is 2. The van der Waals surface area contributed by atoms with Crippen molar-refractivity contribution in [3.63, 3.8) is 0 Å². The van der Waals surface area contributed by atoms with Crippen LogP contribution in [-0.2, 0) is 23.9 Å². The van der Waals surface area contributed by atoms with E-state index in [-0.39, 0.29) is 19.0 Å². The zero-order valence-corrected chi connectivity index (χ0v) is 21.4. The summed E-state index contributed by atoms with van der Waals surface area (Å²) in [6.07, 6.45) is -0.479. The molecule has 7 nitrogen and oxygen atoms in total. The van der Waals surface area contributed by atoms with E-state index in [1.807, 2.05) is 42.5 Å². The molecule has 0 aliphatic carbocycles. The summed E-state index contributed by atoms with van der Waals surface area (Å²) in [7, 11) is 0. The van der Waals surface area contributed by atoms with Gasteiger partial charge >= 0.3 is 12.2 Å². The quantitative estimate of drug-likeness (QED) is 0.291. The summed E-state index contributed by atoms with van der Waals surface area (Å²) in [5.74, 6) is -0.0606. The maximum Gasteiger partial charge on any atom is 0.416 e. The van der Waals surface area contributed by atoms with Crippen LogP contribution >= 0.6 is 0 Å². The molecule has 1 aromatic heterocycles. The lowest BCUT2D eigenvalue weighted by Crippen LogP contribution is -2.44. The third-order valence-corrected chi connectivity index (χ3v) is 7.06. The predicted octanol–water partition coefficient (Wildman–Crippen LogP) is 6.10. The number of oxazole rings is 1. The zero-order valence-electron chi connectivity index (χ0n) is 21.4. The van der Waals surface area contributed by atoms with Crippen molar-refractivity contribution in [2.24, 2.45) is 5.73 Å². The molecule has 206 valence electrons. The molecule has 0 saturated heterocycles. The first-order valence-corrected chi connectivity index (χ1v) is 12.8. The average Bonchev–Trinajstić information content (AvgIpc) is 3.49. The lowest BCUT2D eigenvalue weighted by atomic mass is 9.87. The maximum atomic E-state index is 13.5. The summed E-state index contributed by atoms with van der Waals surface area (Å²) in [6.45, 7) is 0.628. The first-order chi connectivity index (χ1) is 19.2. The minimum absolute atomic E-state index is 0.119. The van der Waals surface area contributed by atoms with E-state index < -0.39 is 23.7 Å². The molecule has 0 spiro atoms. The van der Waals surface area contributed by atoms with Crippen LogP contribution in [0, 0.1) is 0 Å². The standard InChI is InChI=1S/C30H27F3N4O3/c31-30(32,33)21-8-6-19(7-9-21)22-10-11-24(28-35-15-17-40-28)25-18-37(16-14-23(22)25)29(39)36-26(12-13-27(34)38)20-4-2-1-3-5-20/h1-11,15,17,26H,12-14,16,18H2,(H2,34,38)(H,36,39)/t26-/m0/s1. The highest BCUT2D eigenvalue weighted by atomic mass is 19.4. The smallest absolute Gasteiger partial charge is 0.416 e. The number of hydrogen-bond donors (Lipinski definition) is 2. The molecule has 3 amide bonds. The fourth-order valence-corrected chi connectivity index (χ4v) is 5.05. The van der Waals surface area contributed by atoms with Crippen molar-refractivity contribution >= 4 is 11.9 Å². The van der Waals surface area contributed by atoms with Crippen LogP contribution in [0.25, 0.3) is 22.6 Å². The number of primary amides is 1. The van der Waals surface area contributed by atoms with E-state index in [2.05, 4.69) is 10.3 Å². The predicted molar refractivity (Wildman–Crippen MR) is 143 cm³/mol. The molecule has 5 rings (SSSR count). The number of amides is 3. The molecule has 0 radical (unpaired) electrons. The Hall–Kier alpha value is -4.60. The van der Waals surface area contributed by atoms with Gasteiger partial charge in [-0.15, -0.1) is 0 Å². The van der Waals surface area contributed by atoms with Crippen LogP contribution in [0.3, 0.4) is 0 Å². The second kappa shape index (κ2) is 11.3.